The molecule has 0 aliphatic rings. The molecule has 0 bridgehead atoms. The number of rotatable bonds is 6. The van der Waals surface area contributed by atoms with Crippen LogP contribution in [0.5, 0.6) is 0 Å². The third-order valence-electron chi connectivity index (χ3n) is 3.59. The number of anilines is 1. The first kappa shape index (κ1) is 15.5. The van der Waals surface area contributed by atoms with Gasteiger partial charge < -0.3 is 15.2 Å². The summed E-state index contributed by atoms with van der Waals surface area (Å²) in [5, 5.41) is 12.7. The van der Waals surface area contributed by atoms with E-state index >= 15 is 0 Å². The van der Waals surface area contributed by atoms with E-state index in [4.69, 9.17) is 0 Å². The van der Waals surface area contributed by atoms with Crippen LogP contribution in [0.3, 0.4) is 0 Å². The second-order valence-electron chi connectivity index (χ2n) is 5.20. The number of aryl methyl sites for hydroxylation is 1. The molecule has 0 fully saturated rings. The molecule has 4 nitrogen and oxygen atoms in total. The van der Waals surface area contributed by atoms with Crippen molar-refractivity contribution >= 4 is 11.7 Å². The van der Waals surface area contributed by atoms with Crippen molar-refractivity contribution in [3.05, 3.63) is 29.3 Å². The molecule has 0 spiro atoms. The summed E-state index contributed by atoms with van der Waals surface area (Å²) in [6, 6.07) is 5.41. The molecule has 0 heterocycles. The fourth-order valence-electron chi connectivity index (χ4n) is 1.71. The molecule has 1 rings (SSSR count). The van der Waals surface area contributed by atoms with Crippen molar-refractivity contribution in [1.29, 1.82) is 0 Å². The molecule has 1 aromatic carbocycles. The standard InChI is InChI=1S/C15H23NO3/c1-5-15(3,10-17)9-16-13-7-6-12(8-11(13)2)14(18)19-4/h6-8,16-17H,5,9-10H2,1-4H3. The predicted octanol–water partition coefficient (Wildman–Crippen LogP) is 2.60. The Kier molecular flexibility index (Phi) is 5.36. The highest BCUT2D eigenvalue weighted by Gasteiger charge is 2.20. The van der Waals surface area contributed by atoms with Crippen LogP contribution in [-0.4, -0.2) is 31.3 Å². The van der Waals surface area contributed by atoms with E-state index in [2.05, 4.69) is 17.0 Å². The Morgan fingerprint density at radius 3 is 2.63 bits per heavy atom. The van der Waals surface area contributed by atoms with Gasteiger partial charge in [0.25, 0.3) is 0 Å². The number of hydrogen-bond acceptors (Lipinski definition) is 4. The number of aliphatic hydroxyl groups is 1. The lowest BCUT2D eigenvalue weighted by molar-refractivity contribution is 0.0600. The molecule has 0 aromatic heterocycles. The molecule has 0 saturated heterocycles. The molecule has 0 radical (unpaired) electrons. The van der Waals surface area contributed by atoms with Crippen molar-refractivity contribution in [2.24, 2.45) is 5.41 Å². The fraction of sp³-hybridized carbons (Fsp3) is 0.533. The zero-order valence-electron chi connectivity index (χ0n) is 12.1. The van der Waals surface area contributed by atoms with Crippen LogP contribution in [0.25, 0.3) is 0 Å². The summed E-state index contributed by atoms with van der Waals surface area (Å²) < 4.78 is 4.69. The molecule has 2 N–H and O–H groups in total. The SMILES string of the molecule is CCC(C)(CO)CNc1ccc(C(=O)OC)cc1C. The van der Waals surface area contributed by atoms with Crippen LogP contribution < -0.4 is 5.32 Å². The van der Waals surface area contributed by atoms with Crippen LogP contribution in [-0.2, 0) is 4.74 Å². The van der Waals surface area contributed by atoms with Crippen LogP contribution in [0, 0.1) is 12.3 Å². The molecule has 1 aromatic rings. The molecule has 19 heavy (non-hydrogen) atoms. The topological polar surface area (TPSA) is 58.6 Å². The maximum absolute atomic E-state index is 11.4. The number of nitrogens with one attached hydrogen (secondary N) is 1. The Labute approximate surface area is 114 Å². The summed E-state index contributed by atoms with van der Waals surface area (Å²) >= 11 is 0. The van der Waals surface area contributed by atoms with Gasteiger partial charge in [-0.2, -0.15) is 0 Å². The van der Waals surface area contributed by atoms with E-state index in [0.29, 0.717) is 12.1 Å². The van der Waals surface area contributed by atoms with E-state index in [0.717, 1.165) is 17.7 Å². The maximum Gasteiger partial charge on any atom is 0.337 e. The Bertz CT molecular complexity index is 439. The Hall–Kier alpha value is -1.55. The third kappa shape index (κ3) is 3.96. The van der Waals surface area contributed by atoms with Crippen molar-refractivity contribution < 1.29 is 14.6 Å². The van der Waals surface area contributed by atoms with Gasteiger partial charge in [-0.25, -0.2) is 4.79 Å². The lowest BCUT2D eigenvalue weighted by atomic mass is 9.88. The van der Waals surface area contributed by atoms with Crippen LogP contribution in [0.1, 0.15) is 36.2 Å². The average Bonchev–Trinajstić information content (AvgIpc) is 2.44. The van der Waals surface area contributed by atoms with E-state index in [1.54, 1.807) is 12.1 Å². The quantitative estimate of drug-likeness (QED) is 0.776. The monoisotopic (exact) mass is 265 g/mol. The lowest BCUT2D eigenvalue weighted by Gasteiger charge is -2.26. The molecule has 4 heteroatoms. The van der Waals surface area contributed by atoms with E-state index in [9.17, 15) is 9.90 Å². The van der Waals surface area contributed by atoms with Crippen LogP contribution in [0.15, 0.2) is 18.2 Å². The minimum Gasteiger partial charge on any atom is -0.465 e. The summed E-state index contributed by atoms with van der Waals surface area (Å²) in [5.41, 5.74) is 2.37. The van der Waals surface area contributed by atoms with Crippen LogP contribution in [0.2, 0.25) is 0 Å². The molecule has 0 saturated carbocycles. The van der Waals surface area contributed by atoms with Gasteiger partial charge in [0, 0.05) is 17.6 Å². The van der Waals surface area contributed by atoms with Crippen molar-refractivity contribution in [2.75, 3.05) is 25.6 Å². The normalized spacial score (nSPS) is 13.7. The number of methoxy groups -OCH3 is 1. The minimum atomic E-state index is -0.330. The molecule has 0 aliphatic carbocycles. The second-order valence-corrected chi connectivity index (χ2v) is 5.20. The van der Waals surface area contributed by atoms with Gasteiger partial charge >= 0.3 is 5.97 Å². The van der Waals surface area contributed by atoms with Crippen molar-refractivity contribution in [3.8, 4) is 0 Å². The smallest absolute Gasteiger partial charge is 0.337 e. The van der Waals surface area contributed by atoms with Gasteiger partial charge in [0.1, 0.15) is 0 Å². The highest BCUT2D eigenvalue weighted by molar-refractivity contribution is 5.90. The van der Waals surface area contributed by atoms with E-state index in [-0.39, 0.29) is 18.0 Å². The van der Waals surface area contributed by atoms with Gasteiger partial charge in [-0.15, -0.1) is 0 Å². The summed E-state index contributed by atoms with van der Waals surface area (Å²) in [4.78, 5) is 11.4. The van der Waals surface area contributed by atoms with Gasteiger partial charge in [0.05, 0.1) is 19.3 Å². The molecule has 106 valence electrons. The highest BCUT2D eigenvalue weighted by Crippen LogP contribution is 2.23. The summed E-state index contributed by atoms with van der Waals surface area (Å²) in [7, 11) is 1.37. The van der Waals surface area contributed by atoms with Crippen molar-refractivity contribution in [2.45, 2.75) is 27.2 Å². The van der Waals surface area contributed by atoms with Gasteiger partial charge in [-0.3, -0.25) is 0 Å². The average molecular weight is 265 g/mol. The molecular weight excluding hydrogens is 242 g/mol. The van der Waals surface area contributed by atoms with Crippen molar-refractivity contribution in [3.63, 3.8) is 0 Å². The summed E-state index contributed by atoms with van der Waals surface area (Å²) in [6.45, 7) is 6.88. The molecule has 0 amide bonds. The number of aliphatic hydroxyl groups excluding tert-OH is 1. The fourth-order valence-corrected chi connectivity index (χ4v) is 1.71. The van der Waals surface area contributed by atoms with Gasteiger partial charge in [-0.1, -0.05) is 13.8 Å². The highest BCUT2D eigenvalue weighted by atomic mass is 16.5. The minimum absolute atomic E-state index is 0.131. The van der Waals surface area contributed by atoms with Gasteiger partial charge in [0.2, 0.25) is 0 Å². The van der Waals surface area contributed by atoms with Crippen molar-refractivity contribution in [1.82, 2.24) is 0 Å². The van der Waals surface area contributed by atoms with E-state index in [1.807, 2.05) is 19.9 Å². The van der Waals surface area contributed by atoms with Crippen LogP contribution >= 0.6 is 0 Å². The van der Waals surface area contributed by atoms with Crippen LogP contribution in [0.4, 0.5) is 5.69 Å². The lowest BCUT2D eigenvalue weighted by Crippen LogP contribution is -2.29. The Balaban J connectivity index is 2.78. The first-order valence-electron chi connectivity index (χ1n) is 6.49. The largest absolute Gasteiger partial charge is 0.465 e. The zero-order chi connectivity index (χ0) is 14.5. The number of esters is 1. The number of benzene rings is 1. The number of carbonyl (C=O) groups is 1. The Morgan fingerprint density at radius 2 is 2.16 bits per heavy atom. The zero-order valence-corrected chi connectivity index (χ0v) is 12.1. The van der Waals surface area contributed by atoms with Gasteiger partial charge in [0.15, 0.2) is 0 Å². The van der Waals surface area contributed by atoms with Gasteiger partial charge in [-0.05, 0) is 37.1 Å². The first-order valence-corrected chi connectivity index (χ1v) is 6.49. The number of hydrogen-bond donors (Lipinski definition) is 2. The summed E-state index contributed by atoms with van der Waals surface area (Å²) in [6.07, 6.45) is 0.899. The summed E-state index contributed by atoms with van der Waals surface area (Å²) in [5.74, 6) is -0.330. The molecule has 1 unspecified atom stereocenters. The second kappa shape index (κ2) is 6.57. The Morgan fingerprint density at radius 1 is 1.47 bits per heavy atom. The predicted molar refractivity (Wildman–Crippen MR) is 76.5 cm³/mol. The maximum atomic E-state index is 11.4. The third-order valence-corrected chi connectivity index (χ3v) is 3.59. The first-order chi connectivity index (χ1) is 8.95. The van der Waals surface area contributed by atoms with E-state index in [1.165, 1.54) is 7.11 Å². The number of carbonyl (C=O) groups excluding carboxylic acids is 1. The molecule has 1 atom stereocenters. The molecule has 0 aliphatic heterocycles. The number of ether oxygens (including phenoxy) is 1. The van der Waals surface area contributed by atoms with E-state index < -0.39 is 0 Å². The molecular formula is C15H23NO3.